The van der Waals surface area contributed by atoms with Gasteiger partial charge in [0.25, 0.3) is 0 Å². The van der Waals surface area contributed by atoms with Crippen LogP contribution in [0.25, 0.3) is 22.3 Å². The SMILES string of the molecule is c1ccc(-c2ccc(CC3CO3)cc2)c(Oc2ccccc2-c2ccc(CC3CO3)cc2)c1. The summed E-state index contributed by atoms with van der Waals surface area (Å²) in [5, 5.41) is 0. The Balaban J connectivity index is 1.26. The van der Waals surface area contributed by atoms with Crippen molar-refractivity contribution in [2.45, 2.75) is 25.0 Å². The van der Waals surface area contributed by atoms with Gasteiger partial charge < -0.3 is 14.2 Å². The maximum Gasteiger partial charge on any atom is 0.135 e. The van der Waals surface area contributed by atoms with Crippen LogP contribution < -0.4 is 4.74 Å². The van der Waals surface area contributed by atoms with E-state index >= 15 is 0 Å². The van der Waals surface area contributed by atoms with Crippen molar-refractivity contribution in [3.05, 3.63) is 108 Å². The lowest BCUT2D eigenvalue weighted by Crippen LogP contribution is -1.94. The number of hydrogen-bond acceptors (Lipinski definition) is 3. The molecule has 4 aromatic carbocycles. The monoisotopic (exact) mass is 434 g/mol. The van der Waals surface area contributed by atoms with E-state index in [2.05, 4.69) is 72.8 Å². The molecule has 0 N–H and O–H groups in total. The van der Waals surface area contributed by atoms with E-state index in [9.17, 15) is 0 Å². The molecule has 4 aromatic rings. The van der Waals surface area contributed by atoms with Gasteiger partial charge in [0.1, 0.15) is 11.5 Å². The van der Waals surface area contributed by atoms with Crippen LogP contribution in [0.3, 0.4) is 0 Å². The summed E-state index contributed by atoms with van der Waals surface area (Å²) in [4.78, 5) is 0. The number of epoxide rings is 2. The Morgan fingerprint density at radius 1 is 0.545 bits per heavy atom. The molecule has 3 heteroatoms. The summed E-state index contributed by atoms with van der Waals surface area (Å²) in [6.07, 6.45) is 2.77. The highest BCUT2D eigenvalue weighted by Crippen LogP contribution is 2.38. The molecule has 0 amide bonds. The number of benzene rings is 4. The molecule has 0 radical (unpaired) electrons. The fourth-order valence-electron chi connectivity index (χ4n) is 4.25. The smallest absolute Gasteiger partial charge is 0.135 e. The molecule has 2 unspecified atom stereocenters. The van der Waals surface area contributed by atoms with E-state index in [-0.39, 0.29) is 0 Å². The third kappa shape index (κ3) is 4.85. The maximum absolute atomic E-state index is 6.52. The molecule has 2 aliphatic heterocycles. The molecule has 0 bridgehead atoms. The van der Waals surface area contributed by atoms with E-state index < -0.39 is 0 Å². The summed E-state index contributed by atoms with van der Waals surface area (Å²) >= 11 is 0. The Morgan fingerprint density at radius 2 is 0.939 bits per heavy atom. The van der Waals surface area contributed by atoms with Gasteiger partial charge >= 0.3 is 0 Å². The van der Waals surface area contributed by atoms with E-state index in [1.807, 2.05) is 24.3 Å². The Morgan fingerprint density at radius 3 is 1.33 bits per heavy atom. The minimum absolute atomic E-state index is 0.402. The molecule has 33 heavy (non-hydrogen) atoms. The molecule has 2 fully saturated rings. The van der Waals surface area contributed by atoms with Gasteiger partial charge in [-0.15, -0.1) is 0 Å². The first-order valence-corrected chi connectivity index (χ1v) is 11.6. The molecule has 2 aliphatic rings. The summed E-state index contributed by atoms with van der Waals surface area (Å²) in [7, 11) is 0. The van der Waals surface area contributed by atoms with Crippen LogP contribution >= 0.6 is 0 Å². The van der Waals surface area contributed by atoms with Crippen molar-refractivity contribution in [3.63, 3.8) is 0 Å². The summed E-state index contributed by atoms with van der Waals surface area (Å²) in [5.74, 6) is 1.71. The van der Waals surface area contributed by atoms with Gasteiger partial charge in [-0.3, -0.25) is 0 Å². The molecule has 0 aromatic heterocycles. The molecule has 0 aliphatic carbocycles. The molecule has 2 heterocycles. The lowest BCUT2D eigenvalue weighted by Gasteiger charge is -2.15. The van der Waals surface area contributed by atoms with Crippen LogP contribution in [0, 0.1) is 0 Å². The van der Waals surface area contributed by atoms with E-state index in [1.54, 1.807) is 0 Å². The fourth-order valence-corrected chi connectivity index (χ4v) is 4.25. The largest absolute Gasteiger partial charge is 0.456 e. The zero-order chi connectivity index (χ0) is 22.0. The molecule has 0 saturated carbocycles. The van der Waals surface area contributed by atoms with E-state index in [0.717, 1.165) is 59.8 Å². The Hall–Kier alpha value is -3.40. The normalized spacial score (nSPS) is 18.7. The maximum atomic E-state index is 6.52. The summed E-state index contributed by atoms with van der Waals surface area (Å²) in [5.41, 5.74) is 7.08. The van der Waals surface area contributed by atoms with Gasteiger partial charge in [-0.2, -0.15) is 0 Å². The first-order valence-electron chi connectivity index (χ1n) is 11.6. The van der Waals surface area contributed by atoms with Crippen molar-refractivity contribution in [3.8, 4) is 33.8 Å². The molecule has 164 valence electrons. The van der Waals surface area contributed by atoms with Crippen molar-refractivity contribution in [2.24, 2.45) is 0 Å². The summed E-state index contributed by atoms with van der Waals surface area (Å²) in [6, 6.07) is 33.9. The molecule has 2 saturated heterocycles. The van der Waals surface area contributed by atoms with Gasteiger partial charge in [0.05, 0.1) is 25.4 Å². The zero-order valence-corrected chi connectivity index (χ0v) is 18.4. The second kappa shape index (κ2) is 8.86. The first kappa shape index (κ1) is 20.2. The third-order valence-corrected chi connectivity index (χ3v) is 6.26. The second-order valence-corrected chi connectivity index (χ2v) is 8.81. The van der Waals surface area contributed by atoms with Crippen LogP contribution in [-0.2, 0) is 22.3 Å². The number of hydrogen-bond donors (Lipinski definition) is 0. The number of para-hydroxylation sites is 2. The molecule has 0 spiro atoms. The Bertz CT molecular complexity index is 1140. The van der Waals surface area contributed by atoms with Crippen molar-refractivity contribution >= 4 is 0 Å². The minimum atomic E-state index is 0.402. The lowest BCUT2D eigenvalue weighted by molar-refractivity contribution is 0.407. The Labute approximate surface area is 194 Å². The van der Waals surface area contributed by atoms with E-state index in [1.165, 1.54) is 11.1 Å². The van der Waals surface area contributed by atoms with Gasteiger partial charge in [-0.25, -0.2) is 0 Å². The van der Waals surface area contributed by atoms with E-state index in [4.69, 9.17) is 14.2 Å². The quantitative estimate of drug-likeness (QED) is 0.290. The van der Waals surface area contributed by atoms with Crippen LogP contribution in [-0.4, -0.2) is 25.4 Å². The molecule has 3 nitrogen and oxygen atoms in total. The number of rotatable bonds is 8. The second-order valence-electron chi connectivity index (χ2n) is 8.81. The highest BCUT2D eigenvalue weighted by atomic mass is 16.6. The average molecular weight is 435 g/mol. The predicted octanol–water partition coefficient (Wildman–Crippen LogP) is 6.70. The van der Waals surface area contributed by atoms with Crippen molar-refractivity contribution in [1.29, 1.82) is 0 Å². The van der Waals surface area contributed by atoms with Crippen LogP contribution in [0.15, 0.2) is 97.1 Å². The van der Waals surface area contributed by atoms with Gasteiger partial charge in [0, 0.05) is 24.0 Å². The van der Waals surface area contributed by atoms with Crippen molar-refractivity contribution in [2.75, 3.05) is 13.2 Å². The minimum Gasteiger partial charge on any atom is -0.456 e. The Kier molecular flexibility index (Phi) is 5.43. The van der Waals surface area contributed by atoms with Crippen LogP contribution in [0.2, 0.25) is 0 Å². The topological polar surface area (TPSA) is 34.3 Å². The zero-order valence-electron chi connectivity index (χ0n) is 18.4. The first-order chi connectivity index (χ1) is 16.3. The standard InChI is InChI=1S/C30H26O3/c1-3-7-29(27(5-1)23-13-9-21(10-14-23)17-25-19-31-25)33-30-8-4-2-6-28(30)24-15-11-22(12-16-24)18-26-20-32-26/h1-16,25-26H,17-20H2. The molecule has 2 atom stereocenters. The van der Waals surface area contributed by atoms with Crippen molar-refractivity contribution in [1.82, 2.24) is 0 Å². The van der Waals surface area contributed by atoms with E-state index in [0.29, 0.717) is 12.2 Å². The van der Waals surface area contributed by atoms with Gasteiger partial charge in [0.2, 0.25) is 0 Å². The highest BCUT2D eigenvalue weighted by Gasteiger charge is 2.23. The third-order valence-electron chi connectivity index (χ3n) is 6.26. The predicted molar refractivity (Wildman–Crippen MR) is 131 cm³/mol. The highest BCUT2D eigenvalue weighted by molar-refractivity contribution is 5.74. The fraction of sp³-hybridized carbons (Fsp3) is 0.200. The molecular formula is C30H26O3. The van der Waals surface area contributed by atoms with Crippen LogP contribution in [0.1, 0.15) is 11.1 Å². The van der Waals surface area contributed by atoms with Crippen molar-refractivity contribution < 1.29 is 14.2 Å². The van der Waals surface area contributed by atoms with Crippen LogP contribution in [0.4, 0.5) is 0 Å². The average Bonchev–Trinajstić information content (AvgIpc) is 3.79. The summed E-state index contributed by atoms with van der Waals surface area (Å²) in [6.45, 7) is 1.77. The molecular weight excluding hydrogens is 408 g/mol. The summed E-state index contributed by atoms with van der Waals surface area (Å²) < 4.78 is 17.2. The van der Waals surface area contributed by atoms with Gasteiger partial charge in [-0.05, 0) is 34.4 Å². The number of ether oxygens (including phenoxy) is 3. The van der Waals surface area contributed by atoms with Crippen LogP contribution in [0.5, 0.6) is 11.5 Å². The lowest BCUT2D eigenvalue weighted by atomic mass is 10.0. The molecule has 6 rings (SSSR count). The van der Waals surface area contributed by atoms with Gasteiger partial charge in [-0.1, -0.05) is 84.9 Å². The van der Waals surface area contributed by atoms with Gasteiger partial charge in [0.15, 0.2) is 0 Å².